The van der Waals surface area contributed by atoms with E-state index in [1.165, 1.54) is 35.7 Å². The fraction of sp³-hybridized carbons (Fsp3) is 0.375. The average Bonchev–Trinajstić information content (AvgIpc) is 3.48. The minimum atomic E-state index is 0.0867. The molecular weight excluding hydrogens is 378 g/mol. The lowest BCUT2D eigenvalue weighted by Gasteiger charge is -2.18. The van der Waals surface area contributed by atoms with Crippen LogP contribution in [0.3, 0.4) is 0 Å². The first kappa shape index (κ1) is 19.9. The number of carbonyl (C=O) groups is 1. The molecule has 5 heteroatoms. The van der Waals surface area contributed by atoms with Crippen LogP contribution in [0.1, 0.15) is 66.8 Å². The van der Waals surface area contributed by atoms with Crippen molar-refractivity contribution in [1.82, 2.24) is 14.8 Å². The number of benzene rings is 2. The molecule has 0 N–H and O–H groups in total. The summed E-state index contributed by atoms with van der Waals surface area (Å²) < 4.78 is 2.19. The maximum Gasteiger partial charge on any atom is 0.191 e. The maximum atomic E-state index is 12.7. The molecule has 0 aliphatic heterocycles. The summed E-state index contributed by atoms with van der Waals surface area (Å²) in [6.07, 6.45) is 2.35. The number of Topliss-reactive ketones (excluding diaryl/α,β-unsaturated/α-hetero) is 1. The molecule has 1 fully saturated rings. The lowest BCUT2D eigenvalue weighted by atomic mass is 9.86. The molecule has 0 radical (unpaired) electrons. The molecule has 0 atom stereocenters. The van der Waals surface area contributed by atoms with Crippen molar-refractivity contribution >= 4 is 17.5 Å². The number of aromatic nitrogens is 3. The molecule has 2 aromatic carbocycles. The molecule has 4 nitrogen and oxygen atoms in total. The van der Waals surface area contributed by atoms with Crippen molar-refractivity contribution in [3.05, 3.63) is 77.1 Å². The lowest BCUT2D eigenvalue weighted by molar-refractivity contribution is 0.102. The van der Waals surface area contributed by atoms with Crippen LogP contribution >= 0.6 is 11.8 Å². The summed E-state index contributed by atoms with van der Waals surface area (Å²) >= 11 is 1.48. The first-order valence-electron chi connectivity index (χ1n) is 10.2. The number of hydrogen-bond donors (Lipinski definition) is 0. The second-order valence-corrected chi connectivity index (χ2v) is 9.67. The predicted molar refractivity (Wildman–Crippen MR) is 118 cm³/mol. The number of thioether (sulfide) groups is 1. The third-order valence-electron chi connectivity index (χ3n) is 5.28. The van der Waals surface area contributed by atoms with E-state index in [9.17, 15) is 4.79 Å². The van der Waals surface area contributed by atoms with Gasteiger partial charge in [-0.25, -0.2) is 0 Å². The summed E-state index contributed by atoms with van der Waals surface area (Å²) in [5, 5.41) is 9.68. The average molecular weight is 406 g/mol. The van der Waals surface area contributed by atoms with E-state index in [-0.39, 0.29) is 11.2 Å². The highest BCUT2D eigenvalue weighted by Gasteiger charge is 2.30. The molecule has 1 saturated carbocycles. The number of ketones is 1. The van der Waals surface area contributed by atoms with E-state index in [1.54, 1.807) is 0 Å². The van der Waals surface area contributed by atoms with E-state index >= 15 is 0 Å². The Morgan fingerprint density at radius 2 is 1.72 bits per heavy atom. The largest absolute Gasteiger partial charge is 0.301 e. The van der Waals surface area contributed by atoms with E-state index < -0.39 is 0 Å². The van der Waals surface area contributed by atoms with E-state index in [1.807, 2.05) is 30.3 Å². The molecule has 150 valence electrons. The lowest BCUT2D eigenvalue weighted by Crippen LogP contribution is -2.12. The van der Waals surface area contributed by atoms with Crippen molar-refractivity contribution in [1.29, 1.82) is 0 Å². The fourth-order valence-corrected chi connectivity index (χ4v) is 4.17. The monoisotopic (exact) mass is 405 g/mol. The highest BCUT2D eigenvalue weighted by atomic mass is 32.2. The Labute approximate surface area is 176 Å². The highest BCUT2D eigenvalue weighted by Crippen LogP contribution is 2.40. The normalized spacial score (nSPS) is 14.2. The Kier molecular flexibility index (Phi) is 5.59. The van der Waals surface area contributed by atoms with Gasteiger partial charge < -0.3 is 4.57 Å². The van der Waals surface area contributed by atoms with Crippen LogP contribution in [0.5, 0.6) is 0 Å². The number of carbonyl (C=O) groups excluding carboxylic acids is 1. The van der Waals surface area contributed by atoms with Gasteiger partial charge in [0.25, 0.3) is 0 Å². The van der Waals surface area contributed by atoms with Crippen molar-refractivity contribution in [3.8, 4) is 0 Å². The summed E-state index contributed by atoms with van der Waals surface area (Å²) in [6, 6.07) is 18.3. The Morgan fingerprint density at radius 1 is 1.03 bits per heavy atom. The molecule has 0 amide bonds. The molecule has 4 rings (SSSR count). The molecular formula is C24H27N3OS. The van der Waals surface area contributed by atoms with Crippen molar-refractivity contribution < 1.29 is 4.79 Å². The summed E-state index contributed by atoms with van der Waals surface area (Å²) in [5.74, 6) is 2.06. The van der Waals surface area contributed by atoms with Crippen LogP contribution in [0.4, 0.5) is 0 Å². The quantitative estimate of drug-likeness (QED) is 0.386. The first-order valence-corrected chi connectivity index (χ1v) is 11.1. The summed E-state index contributed by atoms with van der Waals surface area (Å²) in [5.41, 5.74) is 3.30. The minimum Gasteiger partial charge on any atom is -0.301 e. The molecule has 0 unspecified atom stereocenters. The molecule has 3 aromatic rings. The van der Waals surface area contributed by atoms with Crippen molar-refractivity contribution in [2.24, 2.45) is 0 Å². The van der Waals surface area contributed by atoms with Crippen molar-refractivity contribution in [3.63, 3.8) is 0 Å². The van der Waals surface area contributed by atoms with Crippen LogP contribution in [-0.2, 0) is 12.0 Å². The van der Waals surface area contributed by atoms with Gasteiger partial charge in [0.2, 0.25) is 0 Å². The summed E-state index contributed by atoms with van der Waals surface area (Å²) in [6.45, 7) is 7.28. The van der Waals surface area contributed by atoms with Gasteiger partial charge in [0.15, 0.2) is 10.9 Å². The second kappa shape index (κ2) is 8.15. The van der Waals surface area contributed by atoms with Gasteiger partial charge in [0, 0.05) is 11.5 Å². The van der Waals surface area contributed by atoms with Gasteiger partial charge in [-0.05, 0) is 29.4 Å². The number of nitrogens with zero attached hydrogens (tertiary/aromatic N) is 3. The van der Waals surface area contributed by atoms with Gasteiger partial charge >= 0.3 is 0 Å². The molecule has 1 aliphatic carbocycles. The van der Waals surface area contributed by atoms with Gasteiger partial charge in [-0.3, -0.25) is 4.79 Å². The zero-order valence-electron chi connectivity index (χ0n) is 17.3. The molecule has 1 heterocycles. The molecule has 0 saturated heterocycles. The van der Waals surface area contributed by atoms with Gasteiger partial charge in [-0.2, -0.15) is 0 Å². The first-order chi connectivity index (χ1) is 13.9. The highest BCUT2D eigenvalue weighted by molar-refractivity contribution is 7.99. The number of hydrogen-bond acceptors (Lipinski definition) is 4. The van der Waals surface area contributed by atoms with Crippen LogP contribution in [-0.4, -0.2) is 26.3 Å². The van der Waals surface area contributed by atoms with E-state index in [2.05, 4.69) is 59.8 Å². The van der Waals surface area contributed by atoms with Gasteiger partial charge in [-0.1, -0.05) is 87.1 Å². The predicted octanol–water partition coefficient (Wildman–Crippen LogP) is 5.48. The molecule has 0 spiro atoms. The second-order valence-electron chi connectivity index (χ2n) is 8.73. The molecule has 1 aromatic heterocycles. The Morgan fingerprint density at radius 3 is 2.34 bits per heavy atom. The molecule has 29 heavy (non-hydrogen) atoms. The Bertz CT molecular complexity index is 983. The topological polar surface area (TPSA) is 47.8 Å². The third kappa shape index (κ3) is 4.78. The Balaban J connectivity index is 1.47. The van der Waals surface area contributed by atoms with Crippen LogP contribution in [0.2, 0.25) is 0 Å². The smallest absolute Gasteiger partial charge is 0.191 e. The van der Waals surface area contributed by atoms with E-state index in [0.29, 0.717) is 11.7 Å². The standard InChI is InChI=1S/C24H27N3OS/c1-24(2,3)20-13-11-18(12-14-20)21(28)16-29-23-26-25-22(19-9-10-19)27(23)15-17-7-5-4-6-8-17/h4-8,11-14,19H,9-10,15-16H2,1-3H3. The van der Waals surface area contributed by atoms with Gasteiger partial charge in [0.1, 0.15) is 5.82 Å². The van der Waals surface area contributed by atoms with Crippen LogP contribution in [0, 0.1) is 0 Å². The maximum absolute atomic E-state index is 12.7. The minimum absolute atomic E-state index is 0.0867. The van der Waals surface area contributed by atoms with E-state index in [4.69, 9.17) is 0 Å². The van der Waals surface area contributed by atoms with Gasteiger partial charge in [0.05, 0.1) is 12.3 Å². The summed E-state index contributed by atoms with van der Waals surface area (Å²) in [7, 11) is 0. The van der Waals surface area contributed by atoms with Crippen LogP contribution in [0.15, 0.2) is 59.8 Å². The summed E-state index contributed by atoms with van der Waals surface area (Å²) in [4.78, 5) is 12.7. The van der Waals surface area contributed by atoms with Crippen molar-refractivity contribution in [2.75, 3.05) is 5.75 Å². The van der Waals surface area contributed by atoms with Crippen molar-refractivity contribution in [2.45, 2.75) is 56.6 Å². The molecule has 1 aliphatic rings. The zero-order valence-corrected chi connectivity index (χ0v) is 18.1. The van der Waals surface area contributed by atoms with Gasteiger partial charge in [-0.15, -0.1) is 10.2 Å². The fourth-order valence-electron chi connectivity index (χ4n) is 3.33. The SMILES string of the molecule is CC(C)(C)c1ccc(C(=O)CSc2nnc(C3CC3)n2Cc2ccccc2)cc1. The molecule has 0 bridgehead atoms. The van der Waals surface area contributed by atoms with E-state index in [0.717, 1.165) is 23.1 Å². The van der Waals surface area contributed by atoms with Crippen LogP contribution in [0.25, 0.3) is 0 Å². The Hall–Kier alpha value is -2.40. The third-order valence-corrected chi connectivity index (χ3v) is 6.24. The van der Waals surface area contributed by atoms with Crippen LogP contribution < -0.4 is 0 Å². The number of rotatable bonds is 7. The zero-order chi connectivity index (χ0) is 20.4.